The maximum Gasteiger partial charge on any atom is 0.0643 e. The van der Waals surface area contributed by atoms with Crippen molar-refractivity contribution in [2.45, 2.75) is 64.2 Å². The van der Waals surface area contributed by atoms with Gasteiger partial charge in [-0.05, 0) is 75.0 Å². The normalized spacial score (nSPS) is 34.1. The van der Waals surface area contributed by atoms with Crippen molar-refractivity contribution in [2.24, 2.45) is 23.7 Å². The van der Waals surface area contributed by atoms with Gasteiger partial charge >= 0.3 is 0 Å². The second-order valence-corrected chi connectivity index (χ2v) is 7.21. The third-order valence-electron chi connectivity index (χ3n) is 5.82. The van der Waals surface area contributed by atoms with Gasteiger partial charge in [0.1, 0.15) is 0 Å². The van der Waals surface area contributed by atoms with E-state index >= 15 is 0 Å². The lowest BCUT2D eigenvalue weighted by molar-refractivity contribution is 0.152. The second-order valence-electron chi connectivity index (χ2n) is 7.21. The summed E-state index contributed by atoms with van der Waals surface area (Å²) < 4.78 is 5.09. The molecule has 21 heavy (non-hydrogen) atoms. The highest BCUT2D eigenvalue weighted by atomic mass is 16.5. The van der Waals surface area contributed by atoms with Crippen LogP contribution in [-0.4, -0.2) is 13.7 Å². The Morgan fingerprint density at radius 3 is 2.14 bits per heavy atom. The third kappa shape index (κ3) is 5.62. The molecule has 2 aliphatic rings. The Labute approximate surface area is 131 Å². The van der Waals surface area contributed by atoms with Gasteiger partial charge in [0, 0.05) is 7.11 Å². The molecule has 2 fully saturated rings. The highest BCUT2D eigenvalue weighted by molar-refractivity contribution is 4.92. The van der Waals surface area contributed by atoms with E-state index in [9.17, 15) is 0 Å². The van der Waals surface area contributed by atoms with E-state index in [2.05, 4.69) is 24.8 Å². The number of methoxy groups -OCH3 is 1. The zero-order valence-corrected chi connectivity index (χ0v) is 13.9. The molecule has 0 aliphatic heterocycles. The van der Waals surface area contributed by atoms with Gasteiger partial charge in [0.05, 0.1) is 6.61 Å². The maximum absolute atomic E-state index is 5.09. The minimum absolute atomic E-state index is 0.772. The van der Waals surface area contributed by atoms with Crippen LogP contribution in [0.1, 0.15) is 64.2 Å². The topological polar surface area (TPSA) is 9.23 Å². The highest BCUT2D eigenvalue weighted by Gasteiger charge is 2.29. The molecular formula is C20H34O. The van der Waals surface area contributed by atoms with Gasteiger partial charge in [-0.1, -0.05) is 31.1 Å². The Morgan fingerprint density at radius 2 is 1.57 bits per heavy atom. The summed E-state index contributed by atoms with van der Waals surface area (Å²) in [5.41, 5.74) is 0. The molecule has 0 heterocycles. The third-order valence-corrected chi connectivity index (χ3v) is 5.82. The standard InChI is InChI=1S/C20H34O/c1-3-4-6-17-8-12-19(13-9-17)20-14-10-18(11-15-20)7-5-16-21-2/h3,5,7,17-20H,1,4,6,8-16H2,2H3/b7-5+/t17-,18?,19-,20?. The SMILES string of the molecule is C=CCC[C@H]1CC[C@H](C2CCC(/C=C/COC)CC2)CC1. The molecule has 0 N–H and O–H groups in total. The molecule has 2 aliphatic carbocycles. The van der Waals surface area contributed by atoms with Crippen LogP contribution in [0.5, 0.6) is 0 Å². The number of hydrogen-bond acceptors (Lipinski definition) is 1. The van der Waals surface area contributed by atoms with Crippen LogP contribution >= 0.6 is 0 Å². The van der Waals surface area contributed by atoms with Crippen LogP contribution in [0.25, 0.3) is 0 Å². The predicted molar refractivity (Wildman–Crippen MR) is 91.3 cm³/mol. The van der Waals surface area contributed by atoms with Gasteiger partial charge in [0.15, 0.2) is 0 Å². The molecule has 0 atom stereocenters. The molecule has 1 heteroatoms. The maximum atomic E-state index is 5.09. The van der Waals surface area contributed by atoms with E-state index in [1.165, 1.54) is 64.2 Å². The van der Waals surface area contributed by atoms with Gasteiger partial charge < -0.3 is 4.74 Å². The molecule has 120 valence electrons. The highest BCUT2D eigenvalue weighted by Crippen LogP contribution is 2.42. The van der Waals surface area contributed by atoms with Crippen molar-refractivity contribution in [2.75, 3.05) is 13.7 Å². The second kappa shape index (κ2) is 9.46. The minimum Gasteiger partial charge on any atom is -0.381 e. The van der Waals surface area contributed by atoms with Gasteiger partial charge in [0.25, 0.3) is 0 Å². The Kier molecular flexibility index (Phi) is 7.57. The summed E-state index contributed by atoms with van der Waals surface area (Å²) in [5.74, 6) is 3.87. The fraction of sp³-hybridized carbons (Fsp3) is 0.800. The van der Waals surface area contributed by atoms with Gasteiger partial charge in [0.2, 0.25) is 0 Å². The molecule has 2 rings (SSSR count). The molecule has 0 amide bonds. The summed E-state index contributed by atoms with van der Waals surface area (Å²) in [6, 6.07) is 0. The Morgan fingerprint density at radius 1 is 0.952 bits per heavy atom. The molecule has 0 bridgehead atoms. The van der Waals surface area contributed by atoms with E-state index in [4.69, 9.17) is 4.74 Å². The summed E-state index contributed by atoms with van der Waals surface area (Å²) >= 11 is 0. The van der Waals surface area contributed by atoms with Crippen LogP contribution in [0, 0.1) is 23.7 Å². The molecule has 0 aromatic heterocycles. The Balaban J connectivity index is 1.65. The lowest BCUT2D eigenvalue weighted by Gasteiger charge is -2.37. The molecule has 0 aromatic rings. The van der Waals surface area contributed by atoms with Crippen molar-refractivity contribution in [3.8, 4) is 0 Å². The fourth-order valence-electron chi connectivity index (χ4n) is 4.45. The predicted octanol–water partition coefficient (Wildman–Crippen LogP) is 5.77. The van der Waals surface area contributed by atoms with Crippen molar-refractivity contribution < 1.29 is 4.74 Å². The van der Waals surface area contributed by atoms with E-state index in [-0.39, 0.29) is 0 Å². The molecule has 0 saturated heterocycles. The number of allylic oxidation sites excluding steroid dienone is 2. The van der Waals surface area contributed by atoms with Gasteiger partial charge in [-0.15, -0.1) is 6.58 Å². The van der Waals surface area contributed by atoms with Crippen LogP contribution in [0.3, 0.4) is 0 Å². The summed E-state index contributed by atoms with van der Waals surface area (Å²) in [5, 5.41) is 0. The van der Waals surface area contributed by atoms with Crippen LogP contribution in [-0.2, 0) is 4.74 Å². The quantitative estimate of drug-likeness (QED) is 0.541. The first-order chi connectivity index (χ1) is 10.3. The summed E-state index contributed by atoms with van der Waals surface area (Å²) in [6.45, 7) is 4.63. The number of ether oxygens (including phenoxy) is 1. The van der Waals surface area contributed by atoms with Crippen molar-refractivity contribution in [3.63, 3.8) is 0 Å². The monoisotopic (exact) mass is 290 g/mol. The fourth-order valence-corrected chi connectivity index (χ4v) is 4.45. The molecule has 1 nitrogen and oxygen atoms in total. The first-order valence-electron chi connectivity index (χ1n) is 9.10. The zero-order chi connectivity index (χ0) is 14.9. The zero-order valence-electron chi connectivity index (χ0n) is 13.9. The number of rotatable bonds is 7. The van der Waals surface area contributed by atoms with Crippen LogP contribution < -0.4 is 0 Å². The van der Waals surface area contributed by atoms with Crippen LogP contribution in [0.2, 0.25) is 0 Å². The van der Waals surface area contributed by atoms with Crippen molar-refractivity contribution in [1.29, 1.82) is 0 Å². The van der Waals surface area contributed by atoms with E-state index in [0.29, 0.717) is 0 Å². The smallest absolute Gasteiger partial charge is 0.0643 e. The van der Waals surface area contributed by atoms with E-state index in [1.54, 1.807) is 7.11 Å². The van der Waals surface area contributed by atoms with Crippen LogP contribution in [0.4, 0.5) is 0 Å². The minimum atomic E-state index is 0.772. The Bertz CT molecular complexity index is 304. The van der Waals surface area contributed by atoms with Crippen molar-refractivity contribution in [1.82, 2.24) is 0 Å². The molecular weight excluding hydrogens is 256 g/mol. The first-order valence-corrected chi connectivity index (χ1v) is 9.10. The van der Waals surface area contributed by atoms with Crippen molar-refractivity contribution >= 4 is 0 Å². The lowest BCUT2D eigenvalue weighted by atomic mass is 9.68. The summed E-state index contributed by atoms with van der Waals surface area (Å²) in [4.78, 5) is 0. The van der Waals surface area contributed by atoms with E-state index < -0.39 is 0 Å². The Hall–Kier alpha value is -0.560. The van der Waals surface area contributed by atoms with E-state index in [1.807, 2.05) is 0 Å². The van der Waals surface area contributed by atoms with Gasteiger partial charge in [-0.25, -0.2) is 0 Å². The average Bonchev–Trinajstić information content (AvgIpc) is 2.54. The molecule has 0 spiro atoms. The molecule has 0 aromatic carbocycles. The van der Waals surface area contributed by atoms with Gasteiger partial charge in [-0.2, -0.15) is 0 Å². The van der Waals surface area contributed by atoms with E-state index in [0.717, 1.165) is 30.3 Å². The average molecular weight is 290 g/mol. The largest absolute Gasteiger partial charge is 0.381 e. The number of hydrogen-bond donors (Lipinski definition) is 0. The molecule has 0 unspecified atom stereocenters. The molecule has 2 saturated carbocycles. The van der Waals surface area contributed by atoms with Crippen LogP contribution in [0.15, 0.2) is 24.8 Å². The summed E-state index contributed by atoms with van der Waals surface area (Å²) in [7, 11) is 1.77. The summed E-state index contributed by atoms with van der Waals surface area (Å²) in [6.07, 6.45) is 21.0. The van der Waals surface area contributed by atoms with Crippen molar-refractivity contribution in [3.05, 3.63) is 24.8 Å². The lowest BCUT2D eigenvalue weighted by Crippen LogP contribution is -2.25. The van der Waals surface area contributed by atoms with Gasteiger partial charge in [-0.3, -0.25) is 0 Å². The molecule has 0 radical (unpaired) electrons. The first kappa shape index (κ1) is 16.8.